The molecule has 1 amide bonds. The molecule has 0 unspecified atom stereocenters. The maximum atomic E-state index is 14.7. The Kier molecular flexibility index (Phi) is 14.4. The molecule has 6 atom stereocenters. The van der Waals surface area contributed by atoms with Gasteiger partial charge in [0.25, 0.3) is 0 Å². The largest absolute Gasteiger partial charge is 0.460 e. The number of allylic oxidation sites excluding steroid dienone is 1. The molecule has 1 fully saturated rings. The van der Waals surface area contributed by atoms with Crippen molar-refractivity contribution in [3.8, 4) is 17.2 Å². The van der Waals surface area contributed by atoms with Crippen molar-refractivity contribution in [2.75, 3.05) is 45.6 Å². The fraction of sp³-hybridized carbons (Fsp3) is 0.455. The van der Waals surface area contributed by atoms with E-state index in [4.69, 9.17) is 19.0 Å². The zero-order chi connectivity index (χ0) is 41.5. The van der Waals surface area contributed by atoms with E-state index in [2.05, 4.69) is 23.1 Å². The summed E-state index contributed by atoms with van der Waals surface area (Å²) in [6.07, 6.45) is 10.5. The highest BCUT2D eigenvalue weighted by Gasteiger charge is 2.65. The second-order valence-electron chi connectivity index (χ2n) is 15.0. The van der Waals surface area contributed by atoms with Crippen molar-refractivity contribution in [2.45, 2.75) is 79.4 Å². The van der Waals surface area contributed by atoms with E-state index in [1.165, 1.54) is 37.5 Å². The van der Waals surface area contributed by atoms with Crippen molar-refractivity contribution in [3.05, 3.63) is 96.6 Å². The van der Waals surface area contributed by atoms with Crippen molar-refractivity contribution in [1.29, 1.82) is 0 Å². The predicted molar refractivity (Wildman–Crippen MR) is 226 cm³/mol. The standard InChI is InChI=1S/C44H55N3O9S2/c1-6-25-54-44-41(47(3)58(51,52)35-20-13-31(14-21-35)45-29(2)50)28-39(46-53-4)37-26-30(11-7-9-23-48)36(12-8-10-24-49)42(43(37)44)38-27-33(17-22-40(38)56-44)55-32-15-18-34(57-5)19-16-32/h6,13-22,26-27,30,36,41-43,48-49H,1,7-12,23-25,28H2,2-5H3,(H,45,50)/t30-,36+,41-,42+,43+,44+/m0/s1. The number of hydrogen-bond acceptors (Lipinski definition) is 11. The number of carbonyl (C=O) groups is 1. The number of amides is 1. The third-order valence-electron chi connectivity index (χ3n) is 11.4. The number of aliphatic hydroxyl groups excluding tert-OH is 2. The maximum absolute atomic E-state index is 14.7. The first kappa shape index (κ1) is 43.4. The number of nitrogens with one attached hydrogen (secondary N) is 1. The number of sulfonamides is 1. The van der Waals surface area contributed by atoms with Crippen LogP contribution in [0.5, 0.6) is 17.2 Å². The molecule has 3 N–H and O–H groups in total. The van der Waals surface area contributed by atoms with Crippen LogP contribution in [-0.4, -0.2) is 86.6 Å². The van der Waals surface area contributed by atoms with Crippen LogP contribution >= 0.6 is 11.8 Å². The number of oxime groups is 1. The van der Waals surface area contributed by atoms with E-state index in [0.29, 0.717) is 41.5 Å². The number of hydrogen-bond donors (Lipinski definition) is 3. The number of thioether (sulfide) groups is 1. The molecular weight excluding hydrogens is 779 g/mol. The molecule has 1 saturated carbocycles. The summed E-state index contributed by atoms with van der Waals surface area (Å²) in [5.74, 6) is -0.719. The van der Waals surface area contributed by atoms with Gasteiger partial charge in [-0.25, -0.2) is 8.42 Å². The van der Waals surface area contributed by atoms with Crippen molar-refractivity contribution in [2.24, 2.45) is 22.9 Å². The molecule has 3 aromatic carbocycles. The van der Waals surface area contributed by atoms with Crippen LogP contribution < -0.4 is 14.8 Å². The molecule has 3 aromatic rings. The van der Waals surface area contributed by atoms with Crippen LogP contribution in [0.1, 0.15) is 63.4 Å². The predicted octanol–water partition coefficient (Wildman–Crippen LogP) is 7.74. The number of fused-ring (bicyclic) bond motifs is 2. The van der Waals surface area contributed by atoms with E-state index < -0.39 is 27.8 Å². The summed E-state index contributed by atoms with van der Waals surface area (Å²) in [6.45, 7) is 5.57. The molecule has 6 rings (SSSR count). The van der Waals surface area contributed by atoms with Crippen LogP contribution in [0.15, 0.2) is 106 Å². The van der Waals surface area contributed by atoms with E-state index >= 15 is 0 Å². The van der Waals surface area contributed by atoms with Crippen molar-refractivity contribution < 1.29 is 42.5 Å². The first-order valence-corrected chi connectivity index (χ1v) is 22.5. The highest BCUT2D eigenvalue weighted by molar-refractivity contribution is 7.98. The van der Waals surface area contributed by atoms with Gasteiger partial charge in [0.2, 0.25) is 21.7 Å². The molecule has 312 valence electrons. The molecule has 0 bridgehead atoms. The minimum Gasteiger partial charge on any atom is -0.460 e. The molecule has 14 heteroatoms. The van der Waals surface area contributed by atoms with Gasteiger partial charge in [-0.2, -0.15) is 4.31 Å². The maximum Gasteiger partial charge on any atom is 0.243 e. The lowest BCUT2D eigenvalue weighted by Crippen LogP contribution is -2.69. The van der Waals surface area contributed by atoms with E-state index in [0.717, 1.165) is 41.7 Å². The SMILES string of the molecule is C=CCO[C@@]12Oc3ccc(Oc4ccc(SC)cc4)cc3[C@H]3[C@H](CCCCO)[C@@H](CCCCO)C=C(C(=NOC)C[C@@H]1N(C)S(=O)(=O)c1ccc(NC(C)=O)cc1)[C@H]32. The molecule has 0 spiro atoms. The third-order valence-corrected chi connectivity index (χ3v) is 14.1. The van der Waals surface area contributed by atoms with Crippen LogP contribution in [0.2, 0.25) is 0 Å². The number of carbonyl (C=O) groups excluding carboxylic acids is 1. The summed E-state index contributed by atoms with van der Waals surface area (Å²) >= 11 is 1.65. The number of aliphatic hydroxyl groups is 2. The Balaban J connectivity index is 1.55. The lowest BCUT2D eigenvalue weighted by Gasteiger charge is -2.59. The number of unbranched alkanes of at least 4 members (excludes halogenated alkanes) is 2. The average molecular weight is 834 g/mol. The molecule has 58 heavy (non-hydrogen) atoms. The summed E-state index contributed by atoms with van der Waals surface area (Å²) in [7, 11) is -1.18. The zero-order valence-corrected chi connectivity index (χ0v) is 35.3. The second-order valence-corrected chi connectivity index (χ2v) is 17.8. The van der Waals surface area contributed by atoms with Gasteiger partial charge in [0.05, 0.1) is 29.2 Å². The Hall–Kier alpha value is -4.18. The van der Waals surface area contributed by atoms with E-state index in [-0.39, 0.29) is 54.8 Å². The molecule has 12 nitrogen and oxygen atoms in total. The molecule has 0 radical (unpaired) electrons. The van der Waals surface area contributed by atoms with E-state index in [1.54, 1.807) is 30.0 Å². The summed E-state index contributed by atoms with van der Waals surface area (Å²) in [6, 6.07) is 18.8. The number of benzene rings is 3. The van der Waals surface area contributed by atoms with Gasteiger partial charge in [0.1, 0.15) is 24.4 Å². The van der Waals surface area contributed by atoms with Gasteiger partial charge < -0.3 is 34.6 Å². The topological polar surface area (TPSA) is 156 Å². The van der Waals surface area contributed by atoms with Crippen LogP contribution in [0.3, 0.4) is 0 Å². The van der Waals surface area contributed by atoms with Gasteiger partial charge in [-0.3, -0.25) is 4.79 Å². The monoisotopic (exact) mass is 833 g/mol. The quantitative estimate of drug-likeness (QED) is 0.0473. The van der Waals surface area contributed by atoms with E-state index in [9.17, 15) is 23.4 Å². The summed E-state index contributed by atoms with van der Waals surface area (Å²) in [5.41, 5.74) is 2.84. The van der Waals surface area contributed by atoms with Gasteiger partial charge in [-0.05, 0) is 116 Å². The first-order chi connectivity index (χ1) is 28.0. The van der Waals surface area contributed by atoms with Crippen LogP contribution in [0.4, 0.5) is 5.69 Å². The van der Waals surface area contributed by atoms with Crippen LogP contribution in [-0.2, 0) is 24.4 Å². The van der Waals surface area contributed by atoms with Gasteiger partial charge in [-0.15, -0.1) is 18.3 Å². The number of ether oxygens (including phenoxy) is 3. The van der Waals surface area contributed by atoms with Gasteiger partial charge in [-0.1, -0.05) is 30.1 Å². The van der Waals surface area contributed by atoms with Gasteiger partial charge in [0.15, 0.2) is 0 Å². The summed E-state index contributed by atoms with van der Waals surface area (Å²) < 4.78 is 51.2. The minimum absolute atomic E-state index is 0.00948. The Morgan fingerprint density at radius 2 is 1.72 bits per heavy atom. The van der Waals surface area contributed by atoms with Crippen molar-refractivity contribution in [3.63, 3.8) is 0 Å². The molecule has 0 aromatic heterocycles. The second kappa shape index (κ2) is 19.3. The van der Waals surface area contributed by atoms with E-state index in [1.807, 2.05) is 48.7 Å². The highest BCUT2D eigenvalue weighted by atomic mass is 32.2. The number of anilines is 1. The summed E-state index contributed by atoms with van der Waals surface area (Å²) in [5, 5.41) is 26.9. The molecule has 0 saturated heterocycles. The van der Waals surface area contributed by atoms with Gasteiger partial charge in [0, 0.05) is 55.7 Å². The molecule has 1 aliphatic heterocycles. The number of rotatable bonds is 19. The van der Waals surface area contributed by atoms with Crippen LogP contribution in [0, 0.1) is 17.8 Å². The smallest absolute Gasteiger partial charge is 0.243 e. The normalized spacial score (nSPS) is 24.3. The average Bonchev–Trinajstić information content (AvgIpc) is 3.22. The third kappa shape index (κ3) is 9.02. The molecular formula is C44H55N3O9S2. The van der Waals surface area contributed by atoms with Crippen molar-refractivity contribution >= 4 is 39.1 Å². The van der Waals surface area contributed by atoms with Crippen LogP contribution in [0.25, 0.3) is 0 Å². The summed E-state index contributed by atoms with van der Waals surface area (Å²) in [4.78, 5) is 18.3. The molecule has 2 aliphatic carbocycles. The number of nitrogens with zero attached hydrogens (tertiary/aromatic N) is 2. The van der Waals surface area contributed by atoms with Crippen molar-refractivity contribution in [1.82, 2.24) is 4.31 Å². The Morgan fingerprint density at radius 3 is 2.36 bits per heavy atom. The lowest BCUT2D eigenvalue weighted by molar-refractivity contribution is -0.250. The molecule has 3 aliphatic rings. The number of likely N-dealkylation sites (N-methyl/N-ethyl adjacent to an activating group) is 1. The molecule has 1 heterocycles. The Labute approximate surface area is 346 Å². The minimum atomic E-state index is -4.19. The Morgan fingerprint density at radius 1 is 1.03 bits per heavy atom. The highest BCUT2D eigenvalue weighted by Crippen LogP contribution is 2.62. The lowest BCUT2D eigenvalue weighted by atomic mass is 9.55. The first-order valence-electron chi connectivity index (χ1n) is 19.8. The Bertz CT molecular complexity index is 2070. The zero-order valence-electron chi connectivity index (χ0n) is 33.6. The fourth-order valence-electron chi connectivity index (χ4n) is 8.90. The fourth-order valence-corrected chi connectivity index (χ4v) is 10.7. The van der Waals surface area contributed by atoms with Gasteiger partial charge >= 0.3 is 0 Å².